The van der Waals surface area contributed by atoms with E-state index in [0.717, 1.165) is 80.6 Å². The van der Waals surface area contributed by atoms with Gasteiger partial charge in [-0.25, -0.2) is 0 Å². The van der Waals surface area contributed by atoms with Crippen LogP contribution in [0.3, 0.4) is 0 Å². The van der Waals surface area contributed by atoms with Crippen molar-refractivity contribution in [2.24, 2.45) is 0 Å². The van der Waals surface area contributed by atoms with Crippen molar-refractivity contribution in [3.8, 4) is 5.75 Å². The molecule has 0 amide bonds. The SMILES string of the molecule is COc1cccc(C[N+]2([O-])CCCC(CCCN3CCC(O)(c4ccccc4)CC3)(c3ccc(Cl)c(Cl)c3)C2)c1.Cl. The Morgan fingerprint density at radius 1 is 0.927 bits per heavy atom. The second-order valence-electron chi connectivity index (χ2n) is 11.8. The van der Waals surface area contributed by atoms with E-state index in [1.807, 2.05) is 66.7 Å². The normalized spacial score (nSPS) is 24.4. The highest BCUT2D eigenvalue weighted by Gasteiger charge is 2.43. The smallest absolute Gasteiger partial charge is 0.119 e. The lowest BCUT2D eigenvalue weighted by Crippen LogP contribution is -2.55. The van der Waals surface area contributed by atoms with Crippen LogP contribution in [0.2, 0.25) is 10.0 Å². The van der Waals surface area contributed by atoms with E-state index < -0.39 is 5.60 Å². The lowest BCUT2D eigenvalue weighted by atomic mass is 9.70. The summed E-state index contributed by atoms with van der Waals surface area (Å²) in [6.07, 6.45) is 5.17. The van der Waals surface area contributed by atoms with Gasteiger partial charge in [-0.3, -0.25) is 0 Å². The Labute approximate surface area is 260 Å². The van der Waals surface area contributed by atoms with Crippen LogP contribution in [-0.4, -0.2) is 54.5 Å². The summed E-state index contributed by atoms with van der Waals surface area (Å²) in [5, 5.41) is 26.6. The highest BCUT2D eigenvalue weighted by Crippen LogP contribution is 2.43. The van der Waals surface area contributed by atoms with E-state index in [4.69, 9.17) is 27.9 Å². The Kier molecular flexibility index (Phi) is 10.7. The molecule has 3 aromatic rings. The van der Waals surface area contributed by atoms with Gasteiger partial charge in [0.05, 0.1) is 35.8 Å². The van der Waals surface area contributed by atoms with E-state index in [2.05, 4.69) is 11.0 Å². The minimum atomic E-state index is -0.748. The third-order valence-electron chi connectivity index (χ3n) is 9.07. The van der Waals surface area contributed by atoms with Crippen molar-refractivity contribution in [1.29, 1.82) is 0 Å². The number of piperidine rings is 2. The molecule has 2 saturated heterocycles. The maximum absolute atomic E-state index is 14.3. The molecule has 8 heteroatoms. The number of hydroxylamine groups is 3. The predicted octanol–water partition coefficient (Wildman–Crippen LogP) is 7.73. The van der Waals surface area contributed by atoms with Gasteiger partial charge in [-0.15, -0.1) is 12.4 Å². The van der Waals surface area contributed by atoms with Gasteiger partial charge < -0.3 is 24.6 Å². The first kappa shape index (κ1) is 32.1. The molecule has 2 aliphatic rings. The van der Waals surface area contributed by atoms with Crippen LogP contribution in [0.4, 0.5) is 0 Å². The first-order valence-corrected chi connectivity index (χ1v) is 15.1. The molecule has 2 unspecified atom stereocenters. The first-order valence-electron chi connectivity index (χ1n) is 14.4. The number of benzene rings is 3. The monoisotopic (exact) mass is 618 g/mol. The molecule has 0 aliphatic carbocycles. The molecule has 222 valence electrons. The predicted molar refractivity (Wildman–Crippen MR) is 170 cm³/mol. The zero-order chi connectivity index (χ0) is 28.2. The second kappa shape index (κ2) is 13.6. The Morgan fingerprint density at radius 3 is 2.39 bits per heavy atom. The van der Waals surface area contributed by atoms with Crippen LogP contribution in [0.25, 0.3) is 0 Å². The second-order valence-corrected chi connectivity index (χ2v) is 12.6. The van der Waals surface area contributed by atoms with Crippen LogP contribution in [0.1, 0.15) is 55.2 Å². The molecule has 0 radical (unpaired) electrons. The molecule has 5 nitrogen and oxygen atoms in total. The molecule has 2 heterocycles. The fourth-order valence-electron chi connectivity index (χ4n) is 6.89. The average Bonchev–Trinajstić information content (AvgIpc) is 2.96. The molecular formula is C33H41Cl3N2O3. The van der Waals surface area contributed by atoms with Crippen molar-refractivity contribution in [2.45, 2.75) is 56.1 Å². The van der Waals surface area contributed by atoms with Crippen LogP contribution in [0.5, 0.6) is 5.75 Å². The number of methoxy groups -OCH3 is 1. The van der Waals surface area contributed by atoms with Gasteiger partial charge in [-0.05, 0) is 80.5 Å². The molecule has 2 fully saturated rings. The number of nitrogens with zero attached hydrogens (tertiary/aromatic N) is 2. The topological polar surface area (TPSA) is 55.8 Å². The zero-order valence-corrected chi connectivity index (χ0v) is 26.1. The quantitative estimate of drug-likeness (QED) is 0.197. The molecule has 1 N–H and O–H groups in total. The minimum absolute atomic E-state index is 0. The lowest BCUT2D eigenvalue weighted by molar-refractivity contribution is -0.903. The zero-order valence-electron chi connectivity index (χ0n) is 23.7. The van der Waals surface area contributed by atoms with Crippen LogP contribution in [0, 0.1) is 5.21 Å². The summed E-state index contributed by atoms with van der Waals surface area (Å²) in [4.78, 5) is 2.46. The number of rotatable bonds is 9. The molecule has 0 spiro atoms. The average molecular weight is 620 g/mol. The maximum atomic E-state index is 14.3. The lowest BCUT2D eigenvalue weighted by Gasteiger charge is -2.53. The van der Waals surface area contributed by atoms with Crippen LogP contribution >= 0.6 is 35.6 Å². The van der Waals surface area contributed by atoms with Crippen LogP contribution in [-0.2, 0) is 17.6 Å². The van der Waals surface area contributed by atoms with Crippen molar-refractivity contribution >= 4 is 35.6 Å². The summed E-state index contributed by atoms with van der Waals surface area (Å²) in [5.74, 6) is 0.776. The van der Waals surface area contributed by atoms with Crippen LogP contribution < -0.4 is 4.74 Å². The third kappa shape index (κ3) is 7.58. The molecule has 41 heavy (non-hydrogen) atoms. The van der Waals surface area contributed by atoms with Gasteiger partial charge in [0, 0.05) is 24.1 Å². The molecule has 0 aromatic heterocycles. The van der Waals surface area contributed by atoms with Gasteiger partial charge in [0.25, 0.3) is 0 Å². The summed E-state index contributed by atoms with van der Waals surface area (Å²) in [5.41, 5.74) is 2.10. The van der Waals surface area contributed by atoms with E-state index in [1.54, 1.807) is 7.11 Å². The molecule has 0 saturated carbocycles. The third-order valence-corrected chi connectivity index (χ3v) is 9.81. The van der Waals surface area contributed by atoms with Crippen molar-refractivity contribution in [3.05, 3.63) is 105 Å². The number of hydrogen-bond acceptors (Lipinski definition) is 4. The maximum Gasteiger partial charge on any atom is 0.119 e. The van der Waals surface area contributed by atoms with Gasteiger partial charge in [0.1, 0.15) is 12.3 Å². The molecule has 5 rings (SSSR count). The van der Waals surface area contributed by atoms with Gasteiger partial charge in [-0.1, -0.05) is 71.7 Å². The summed E-state index contributed by atoms with van der Waals surface area (Å²) >= 11 is 12.8. The van der Waals surface area contributed by atoms with E-state index in [9.17, 15) is 10.3 Å². The Balaban J connectivity index is 0.00000387. The van der Waals surface area contributed by atoms with Gasteiger partial charge >= 0.3 is 0 Å². The number of halogens is 3. The van der Waals surface area contributed by atoms with Crippen molar-refractivity contribution in [1.82, 2.24) is 4.90 Å². The number of quaternary nitrogens is 1. The van der Waals surface area contributed by atoms with E-state index in [-0.39, 0.29) is 22.5 Å². The van der Waals surface area contributed by atoms with Crippen molar-refractivity contribution < 1.29 is 14.5 Å². The molecule has 0 bridgehead atoms. The Bertz CT molecular complexity index is 1290. The highest BCUT2D eigenvalue weighted by atomic mass is 35.5. The fraction of sp³-hybridized carbons (Fsp3) is 0.455. The van der Waals surface area contributed by atoms with Gasteiger partial charge in [-0.2, -0.15) is 0 Å². The minimum Gasteiger partial charge on any atom is -0.633 e. The van der Waals surface area contributed by atoms with E-state index in [1.165, 1.54) is 0 Å². The standard InChI is InChI=1S/C33H40Cl2N2O3.ClH/c1-40-29-11-5-8-26(22-29)24-37(39)21-7-15-32(25-37,28-12-13-30(34)31(35)23-28)14-6-18-36-19-16-33(38,17-20-36)27-9-3-2-4-10-27;/h2-5,8-13,22-23,38H,6-7,14-21,24-25H2,1H3;1H. The molecule has 3 aromatic carbocycles. The van der Waals surface area contributed by atoms with Gasteiger partial charge in [0.2, 0.25) is 0 Å². The Hall–Kier alpha value is -1.83. The number of ether oxygens (including phenoxy) is 1. The summed E-state index contributed by atoms with van der Waals surface area (Å²) in [7, 11) is 1.65. The van der Waals surface area contributed by atoms with Crippen molar-refractivity contribution in [2.75, 3.05) is 39.8 Å². The molecular weight excluding hydrogens is 579 g/mol. The number of likely N-dealkylation sites (tertiary alicyclic amines) is 2. The summed E-state index contributed by atoms with van der Waals surface area (Å²) in [6, 6.07) is 23.8. The van der Waals surface area contributed by atoms with Crippen LogP contribution in [0.15, 0.2) is 72.8 Å². The molecule has 2 atom stereocenters. The Morgan fingerprint density at radius 2 is 1.68 bits per heavy atom. The number of aliphatic hydroxyl groups is 1. The van der Waals surface area contributed by atoms with E-state index in [0.29, 0.717) is 29.7 Å². The first-order chi connectivity index (χ1) is 19.2. The summed E-state index contributed by atoms with van der Waals surface area (Å²) in [6.45, 7) is 4.21. The fourth-order valence-corrected chi connectivity index (χ4v) is 7.19. The highest BCUT2D eigenvalue weighted by molar-refractivity contribution is 6.42. The van der Waals surface area contributed by atoms with Gasteiger partial charge in [0.15, 0.2) is 0 Å². The molecule has 2 aliphatic heterocycles. The number of hydrogen-bond donors (Lipinski definition) is 1. The van der Waals surface area contributed by atoms with E-state index >= 15 is 0 Å². The van der Waals surface area contributed by atoms with Crippen molar-refractivity contribution in [3.63, 3.8) is 0 Å². The largest absolute Gasteiger partial charge is 0.633 e. The summed E-state index contributed by atoms with van der Waals surface area (Å²) < 4.78 is 5.14.